The minimum Gasteiger partial charge on any atom is -0.462 e. The third-order valence-corrected chi connectivity index (χ3v) is 8.79. The Kier molecular flexibility index (Phi) is 33.5. The van der Waals surface area contributed by atoms with E-state index in [0.717, 1.165) is 70.1 Å². The predicted molar refractivity (Wildman–Crippen MR) is 192 cm³/mol. The van der Waals surface area contributed by atoms with E-state index >= 15 is 0 Å². The Morgan fingerprint density at radius 2 is 0.717 bits per heavy atom. The van der Waals surface area contributed by atoms with Crippen molar-refractivity contribution in [3.05, 3.63) is 0 Å². The van der Waals surface area contributed by atoms with Crippen molar-refractivity contribution >= 4 is 17.9 Å². The molecule has 0 bridgehead atoms. The van der Waals surface area contributed by atoms with E-state index in [1.54, 1.807) is 0 Å². The van der Waals surface area contributed by atoms with Gasteiger partial charge in [0.05, 0.1) is 0 Å². The van der Waals surface area contributed by atoms with Gasteiger partial charge in [-0.3, -0.25) is 14.4 Å². The molecule has 0 aromatic rings. The van der Waals surface area contributed by atoms with Crippen molar-refractivity contribution in [2.45, 2.75) is 220 Å². The summed E-state index contributed by atoms with van der Waals surface area (Å²) in [5, 5.41) is 0. The number of esters is 3. The standard InChI is InChI=1S/C40H76O6/c1-5-7-9-11-12-16-21-25-29-33-40(43)46-37(34-44-38(41)31-27-22-10-8-6-2)35-45-39(42)32-28-24-20-18-15-13-14-17-19-23-26-30-36(3)4/h36-37H,5-35H2,1-4H3/t37-/m1/s1. The van der Waals surface area contributed by atoms with Gasteiger partial charge in [-0.15, -0.1) is 0 Å². The van der Waals surface area contributed by atoms with E-state index in [2.05, 4.69) is 27.7 Å². The van der Waals surface area contributed by atoms with Crippen LogP contribution in [0.1, 0.15) is 214 Å². The number of hydrogen-bond donors (Lipinski definition) is 0. The Morgan fingerprint density at radius 3 is 1.07 bits per heavy atom. The first kappa shape index (κ1) is 44.4. The Labute approximate surface area is 285 Å². The summed E-state index contributed by atoms with van der Waals surface area (Å²) in [6.07, 6.45) is 31.2. The van der Waals surface area contributed by atoms with Gasteiger partial charge in [0.15, 0.2) is 6.10 Å². The van der Waals surface area contributed by atoms with E-state index < -0.39 is 6.10 Å². The SMILES string of the molecule is CCCCCCCCCCCC(=O)O[C@H](COC(=O)CCCCCCC)COC(=O)CCCCCCCCCCCCCC(C)C. The van der Waals surface area contributed by atoms with Crippen LogP contribution in [-0.2, 0) is 28.6 Å². The zero-order chi connectivity index (χ0) is 33.9. The highest BCUT2D eigenvalue weighted by molar-refractivity contribution is 5.71. The van der Waals surface area contributed by atoms with Crippen molar-refractivity contribution in [1.82, 2.24) is 0 Å². The summed E-state index contributed by atoms with van der Waals surface area (Å²) in [7, 11) is 0. The maximum Gasteiger partial charge on any atom is 0.306 e. The van der Waals surface area contributed by atoms with Gasteiger partial charge in [0, 0.05) is 19.3 Å². The Bertz CT molecular complexity index is 691. The van der Waals surface area contributed by atoms with Crippen molar-refractivity contribution in [2.24, 2.45) is 5.92 Å². The van der Waals surface area contributed by atoms with Gasteiger partial charge in [-0.1, -0.05) is 175 Å². The molecule has 0 rings (SSSR count). The normalized spacial score (nSPS) is 11.9. The third-order valence-electron chi connectivity index (χ3n) is 8.79. The Hall–Kier alpha value is -1.59. The first-order valence-corrected chi connectivity index (χ1v) is 19.9. The molecule has 0 aliphatic carbocycles. The molecule has 0 aliphatic rings. The van der Waals surface area contributed by atoms with Crippen LogP contribution in [0.5, 0.6) is 0 Å². The van der Waals surface area contributed by atoms with Crippen LogP contribution in [-0.4, -0.2) is 37.2 Å². The van der Waals surface area contributed by atoms with E-state index in [9.17, 15) is 14.4 Å². The fourth-order valence-electron chi connectivity index (χ4n) is 5.74. The highest BCUT2D eigenvalue weighted by atomic mass is 16.6. The van der Waals surface area contributed by atoms with Crippen molar-refractivity contribution in [3.8, 4) is 0 Å². The van der Waals surface area contributed by atoms with E-state index in [4.69, 9.17) is 14.2 Å². The molecule has 272 valence electrons. The van der Waals surface area contributed by atoms with Gasteiger partial charge in [-0.25, -0.2) is 0 Å². The predicted octanol–water partition coefficient (Wildman–Crippen LogP) is 12.0. The summed E-state index contributed by atoms with van der Waals surface area (Å²) in [6.45, 7) is 8.87. The van der Waals surface area contributed by atoms with Crippen LogP contribution in [0.4, 0.5) is 0 Å². The van der Waals surface area contributed by atoms with Crippen molar-refractivity contribution in [3.63, 3.8) is 0 Å². The van der Waals surface area contributed by atoms with Crippen molar-refractivity contribution in [2.75, 3.05) is 13.2 Å². The quantitative estimate of drug-likeness (QED) is 0.0385. The van der Waals surface area contributed by atoms with Gasteiger partial charge in [-0.2, -0.15) is 0 Å². The summed E-state index contributed by atoms with van der Waals surface area (Å²) in [6, 6.07) is 0. The van der Waals surface area contributed by atoms with Gasteiger partial charge in [0.25, 0.3) is 0 Å². The zero-order valence-electron chi connectivity index (χ0n) is 31.0. The largest absolute Gasteiger partial charge is 0.462 e. The molecule has 6 nitrogen and oxygen atoms in total. The Balaban J connectivity index is 4.21. The molecule has 0 unspecified atom stereocenters. The van der Waals surface area contributed by atoms with Gasteiger partial charge < -0.3 is 14.2 Å². The van der Waals surface area contributed by atoms with Gasteiger partial charge in [-0.05, 0) is 25.2 Å². The van der Waals surface area contributed by atoms with E-state index in [1.165, 1.54) is 103 Å². The minimum absolute atomic E-state index is 0.0659. The summed E-state index contributed by atoms with van der Waals surface area (Å²) in [5.74, 6) is -0.0523. The van der Waals surface area contributed by atoms with Crippen LogP contribution < -0.4 is 0 Å². The molecule has 0 N–H and O–H groups in total. The second-order valence-corrected chi connectivity index (χ2v) is 14.0. The number of rotatable bonds is 35. The van der Waals surface area contributed by atoms with E-state index in [1.807, 2.05) is 0 Å². The second-order valence-electron chi connectivity index (χ2n) is 14.0. The maximum atomic E-state index is 12.5. The van der Waals surface area contributed by atoms with Crippen LogP contribution in [0, 0.1) is 5.92 Å². The summed E-state index contributed by atoms with van der Waals surface area (Å²) < 4.78 is 16.5. The number of carbonyl (C=O) groups is 3. The fourth-order valence-corrected chi connectivity index (χ4v) is 5.74. The van der Waals surface area contributed by atoms with E-state index in [-0.39, 0.29) is 31.1 Å². The summed E-state index contributed by atoms with van der Waals surface area (Å²) in [5.41, 5.74) is 0. The average Bonchev–Trinajstić information content (AvgIpc) is 3.03. The molecule has 0 aromatic heterocycles. The van der Waals surface area contributed by atoms with Crippen LogP contribution in [0.2, 0.25) is 0 Å². The van der Waals surface area contributed by atoms with Crippen molar-refractivity contribution < 1.29 is 28.6 Å². The third kappa shape index (κ3) is 33.8. The summed E-state index contributed by atoms with van der Waals surface area (Å²) >= 11 is 0. The molecule has 0 spiro atoms. The molecule has 0 saturated heterocycles. The molecular formula is C40H76O6. The number of unbranched alkanes of at least 4 members (excludes halogenated alkanes) is 22. The zero-order valence-corrected chi connectivity index (χ0v) is 31.0. The fraction of sp³-hybridized carbons (Fsp3) is 0.925. The molecule has 0 fully saturated rings. The lowest BCUT2D eigenvalue weighted by atomic mass is 10.0. The molecule has 0 amide bonds. The second kappa shape index (κ2) is 34.7. The molecule has 0 radical (unpaired) electrons. The van der Waals surface area contributed by atoms with Crippen LogP contribution >= 0.6 is 0 Å². The highest BCUT2D eigenvalue weighted by Crippen LogP contribution is 2.15. The monoisotopic (exact) mass is 653 g/mol. The molecule has 1 atom stereocenters. The first-order valence-electron chi connectivity index (χ1n) is 19.9. The molecule has 0 heterocycles. The van der Waals surface area contributed by atoms with Crippen LogP contribution in [0.15, 0.2) is 0 Å². The lowest BCUT2D eigenvalue weighted by molar-refractivity contribution is -0.167. The van der Waals surface area contributed by atoms with Crippen LogP contribution in [0.3, 0.4) is 0 Å². The average molecular weight is 653 g/mol. The Morgan fingerprint density at radius 1 is 0.413 bits per heavy atom. The minimum atomic E-state index is -0.755. The van der Waals surface area contributed by atoms with E-state index in [0.29, 0.717) is 19.3 Å². The maximum absolute atomic E-state index is 12.5. The topological polar surface area (TPSA) is 78.9 Å². The summed E-state index contributed by atoms with van der Waals surface area (Å²) in [4.78, 5) is 37.2. The number of carbonyl (C=O) groups excluding carboxylic acids is 3. The van der Waals surface area contributed by atoms with Gasteiger partial charge >= 0.3 is 17.9 Å². The van der Waals surface area contributed by atoms with Crippen LogP contribution in [0.25, 0.3) is 0 Å². The lowest BCUT2D eigenvalue weighted by Crippen LogP contribution is -2.30. The number of ether oxygens (including phenoxy) is 3. The smallest absolute Gasteiger partial charge is 0.306 e. The molecule has 0 aliphatic heterocycles. The van der Waals surface area contributed by atoms with Gasteiger partial charge in [0.2, 0.25) is 0 Å². The number of hydrogen-bond acceptors (Lipinski definition) is 6. The van der Waals surface area contributed by atoms with Gasteiger partial charge in [0.1, 0.15) is 13.2 Å². The molecule has 0 aromatic carbocycles. The lowest BCUT2D eigenvalue weighted by Gasteiger charge is -2.18. The molecular weight excluding hydrogens is 576 g/mol. The highest BCUT2D eigenvalue weighted by Gasteiger charge is 2.19. The molecule has 46 heavy (non-hydrogen) atoms. The molecule has 0 saturated carbocycles. The molecule has 6 heteroatoms. The first-order chi connectivity index (χ1) is 22.4. The van der Waals surface area contributed by atoms with Crippen molar-refractivity contribution in [1.29, 1.82) is 0 Å².